The average molecular weight is 252 g/mol. The van der Waals surface area contributed by atoms with Gasteiger partial charge in [-0.15, -0.1) is 0 Å². The molecule has 3 aliphatic rings. The molecule has 2 heteroatoms. The number of phenols is 1. The number of hydrogen-bond acceptors (Lipinski definition) is 2. The van der Waals surface area contributed by atoms with Crippen LogP contribution in [-0.2, 0) is 5.41 Å². The summed E-state index contributed by atoms with van der Waals surface area (Å²) < 4.78 is 0. The van der Waals surface area contributed by atoms with E-state index in [0.29, 0.717) is 17.4 Å². The first-order valence-corrected chi connectivity index (χ1v) is 6.82. The molecule has 1 aromatic carbocycles. The third-order valence-corrected chi connectivity index (χ3v) is 4.82. The molecule has 3 aliphatic carbocycles. The van der Waals surface area contributed by atoms with Crippen molar-refractivity contribution >= 4 is 6.08 Å². The van der Waals surface area contributed by atoms with Gasteiger partial charge >= 0.3 is 0 Å². The van der Waals surface area contributed by atoms with Crippen molar-refractivity contribution in [3.05, 3.63) is 58.9 Å². The van der Waals surface area contributed by atoms with E-state index in [-0.39, 0.29) is 5.41 Å². The van der Waals surface area contributed by atoms with E-state index in [9.17, 15) is 10.2 Å². The lowest BCUT2D eigenvalue weighted by Gasteiger charge is -2.29. The zero-order chi connectivity index (χ0) is 13.0. The zero-order valence-electron chi connectivity index (χ0n) is 10.6. The number of benzene rings is 1. The average Bonchev–Trinajstić information content (AvgIpc) is 2.93. The van der Waals surface area contributed by atoms with E-state index in [0.717, 1.165) is 19.3 Å². The zero-order valence-corrected chi connectivity index (χ0v) is 10.6. The van der Waals surface area contributed by atoms with Gasteiger partial charge in [-0.05, 0) is 48.1 Å². The van der Waals surface area contributed by atoms with Crippen LogP contribution in [-0.4, -0.2) is 10.2 Å². The number of aliphatic hydroxyl groups excluding tert-OH is 1. The van der Waals surface area contributed by atoms with E-state index >= 15 is 0 Å². The molecule has 0 aromatic heterocycles. The molecule has 2 unspecified atom stereocenters. The van der Waals surface area contributed by atoms with E-state index in [1.807, 2.05) is 18.2 Å². The molecular weight excluding hydrogens is 236 g/mol. The van der Waals surface area contributed by atoms with Gasteiger partial charge in [-0.3, -0.25) is 0 Å². The molecule has 19 heavy (non-hydrogen) atoms. The Hall–Kier alpha value is -1.96. The van der Waals surface area contributed by atoms with Crippen molar-refractivity contribution in [3.8, 4) is 5.75 Å². The van der Waals surface area contributed by atoms with Crippen molar-refractivity contribution in [2.75, 3.05) is 0 Å². The summed E-state index contributed by atoms with van der Waals surface area (Å²) in [4.78, 5) is 0. The fraction of sp³-hybridized carbons (Fsp3) is 0.294. The molecule has 1 spiro atoms. The molecule has 2 N–H and O–H groups in total. The second kappa shape index (κ2) is 3.53. The van der Waals surface area contributed by atoms with Crippen LogP contribution in [0.25, 0.3) is 6.08 Å². The topological polar surface area (TPSA) is 40.5 Å². The first kappa shape index (κ1) is 10.9. The molecule has 2 atom stereocenters. The molecular formula is C17H16O2. The second-order valence-corrected chi connectivity index (χ2v) is 5.80. The Labute approximate surface area is 112 Å². The van der Waals surface area contributed by atoms with Crippen molar-refractivity contribution in [2.45, 2.75) is 24.7 Å². The van der Waals surface area contributed by atoms with Crippen LogP contribution in [0.15, 0.2) is 47.8 Å². The fourth-order valence-electron chi connectivity index (χ4n) is 3.94. The smallest absolute Gasteiger partial charge is 0.115 e. The van der Waals surface area contributed by atoms with Crippen LogP contribution in [0, 0.1) is 5.92 Å². The minimum absolute atomic E-state index is 0.0457. The van der Waals surface area contributed by atoms with E-state index in [1.165, 1.54) is 16.7 Å². The normalized spacial score (nSPS) is 31.1. The predicted octanol–water partition coefficient (Wildman–Crippen LogP) is 3.84. The maximum Gasteiger partial charge on any atom is 0.115 e. The summed E-state index contributed by atoms with van der Waals surface area (Å²) in [5, 5.41) is 19.5. The molecule has 96 valence electrons. The summed E-state index contributed by atoms with van der Waals surface area (Å²) in [7, 11) is 0. The van der Waals surface area contributed by atoms with Gasteiger partial charge in [0.1, 0.15) is 5.75 Å². The summed E-state index contributed by atoms with van der Waals surface area (Å²) in [5.74, 6) is 1.27. The SMILES string of the molecule is OC1=CC=C2C(CCC23C=Cc2ccc(O)cc23)C1. The molecule has 2 nitrogen and oxygen atoms in total. The van der Waals surface area contributed by atoms with E-state index < -0.39 is 0 Å². The summed E-state index contributed by atoms with van der Waals surface area (Å²) in [6.45, 7) is 0. The Balaban J connectivity index is 1.90. The number of phenolic OH excluding ortho intramolecular Hbond substituents is 1. The minimum atomic E-state index is -0.0457. The Bertz CT molecular complexity index is 651. The number of aromatic hydroxyl groups is 1. The lowest BCUT2D eigenvalue weighted by Crippen LogP contribution is -2.22. The van der Waals surface area contributed by atoms with Gasteiger partial charge in [0.25, 0.3) is 0 Å². The molecule has 0 aliphatic heterocycles. The maximum atomic E-state index is 9.78. The third kappa shape index (κ3) is 1.37. The lowest BCUT2D eigenvalue weighted by molar-refractivity contribution is 0.360. The van der Waals surface area contributed by atoms with E-state index in [2.05, 4.69) is 18.2 Å². The summed E-state index contributed by atoms with van der Waals surface area (Å²) in [6.07, 6.45) is 11.3. The highest BCUT2D eigenvalue weighted by atomic mass is 16.3. The first-order chi connectivity index (χ1) is 9.19. The fourth-order valence-corrected chi connectivity index (χ4v) is 3.94. The summed E-state index contributed by atoms with van der Waals surface area (Å²) >= 11 is 0. The van der Waals surface area contributed by atoms with Crippen LogP contribution in [0.4, 0.5) is 0 Å². The van der Waals surface area contributed by atoms with Gasteiger partial charge in [0.2, 0.25) is 0 Å². The molecule has 4 rings (SSSR count). The minimum Gasteiger partial charge on any atom is -0.512 e. The lowest BCUT2D eigenvalue weighted by atomic mass is 9.74. The number of aliphatic hydroxyl groups is 1. The van der Waals surface area contributed by atoms with Crippen molar-refractivity contribution in [1.82, 2.24) is 0 Å². The predicted molar refractivity (Wildman–Crippen MR) is 75.0 cm³/mol. The molecule has 0 heterocycles. The van der Waals surface area contributed by atoms with Crippen LogP contribution in [0.2, 0.25) is 0 Å². The van der Waals surface area contributed by atoms with Gasteiger partial charge < -0.3 is 10.2 Å². The Kier molecular flexibility index (Phi) is 2.03. The maximum absolute atomic E-state index is 9.78. The molecule has 0 saturated heterocycles. The molecule has 1 aromatic rings. The van der Waals surface area contributed by atoms with Crippen LogP contribution in [0.3, 0.4) is 0 Å². The Morgan fingerprint density at radius 1 is 1.16 bits per heavy atom. The van der Waals surface area contributed by atoms with Crippen molar-refractivity contribution in [1.29, 1.82) is 0 Å². The Morgan fingerprint density at radius 3 is 2.95 bits per heavy atom. The van der Waals surface area contributed by atoms with E-state index in [4.69, 9.17) is 0 Å². The number of allylic oxidation sites excluding steroid dienone is 5. The van der Waals surface area contributed by atoms with Gasteiger partial charge in [-0.2, -0.15) is 0 Å². The number of hydrogen-bond donors (Lipinski definition) is 2. The number of fused-ring (bicyclic) bond motifs is 4. The largest absolute Gasteiger partial charge is 0.512 e. The van der Waals surface area contributed by atoms with Gasteiger partial charge in [0, 0.05) is 11.8 Å². The summed E-state index contributed by atoms with van der Waals surface area (Å²) in [6, 6.07) is 5.63. The summed E-state index contributed by atoms with van der Waals surface area (Å²) in [5.41, 5.74) is 3.77. The van der Waals surface area contributed by atoms with E-state index in [1.54, 1.807) is 6.07 Å². The monoisotopic (exact) mass is 252 g/mol. The molecule has 0 bridgehead atoms. The van der Waals surface area contributed by atoms with Crippen LogP contribution < -0.4 is 0 Å². The van der Waals surface area contributed by atoms with Crippen LogP contribution in [0.1, 0.15) is 30.4 Å². The molecule has 0 amide bonds. The third-order valence-electron chi connectivity index (χ3n) is 4.82. The first-order valence-electron chi connectivity index (χ1n) is 6.82. The molecule has 1 saturated carbocycles. The highest BCUT2D eigenvalue weighted by molar-refractivity contribution is 5.70. The van der Waals surface area contributed by atoms with Gasteiger partial charge in [-0.1, -0.05) is 29.9 Å². The molecule has 0 radical (unpaired) electrons. The van der Waals surface area contributed by atoms with Crippen LogP contribution >= 0.6 is 0 Å². The van der Waals surface area contributed by atoms with Gasteiger partial charge in [0.05, 0.1) is 5.76 Å². The Morgan fingerprint density at radius 2 is 2.05 bits per heavy atom. The molecule has 1 fully saturated rings. The van der Waals surface area contributed by atoms with Crippen molar-refractivity contribution in [2.24, 2.45) is 5.92 Å². The van der Waals surface area contributed by atoms with Gasteiger partial charge in [-0.25, -0.2) is 0 Å². The number of rotatable bonds is 0. The van der Waals surface area contributed by atoms with Gasteiger partial charge in [0.15, 0.2) is 0 Å². The highest BCUT2D eigenvalue weighted by Crippen LogP contribution is 2.56. The standard InChI is InChI=1S/C17H16O2/c18-13-3-4-15-12(9-13)6-8-17(15)7-5-11-1-2-14(19)10-16(11)17/h1-5,7,10,12,18-19H,6,8-9H2. The highest BCUT2D eigenvalue weighted by Gasteiger charge is 2.46. The quantitative estimate of drug-likeness (QED) is 0.736. The van der Waals surface area contributed by atoms with Crippen molar-refractivity contribution < 1.29 is 10.2 Å². The second-order valence-electron chi connectivity index (χ2n) is 5.80. The van der Waals surface area contributed by atoms with Crippen molar-refractivity contribution in [3.63, 3.8) is 0 Å². The van der Waals surface area contributed by atoms with Crippen LogP contribution in [0.5, 0.6) is 5.75 Å².